The second kappa shape index (κ2) is 5.78. The molecule has 0 radical (unpaired) electrons. The Hall–Kier alpha value is -0.410. The standard InChI is InChI=1S/C13H15BrOS/c14-13-7-6-12(16-13)9-11(15)8-10-4-2-1-3-5-10/h6-8H,1-5,9H2. The van der Waals surface area contributed by atoms with E-state index in [1.165, 1.54) is 24.8 Å². The van der Waals surface area contributed by atoms with Crippen LogP contribution in [0.2, 0.25) is 0 Å². The first kappa shape index (κ1) is 12.1. The van der Waals surface area contributed by atoms with Crippen LogP contribution in [0.25, 0.3) is 0 Å². The molecule has 86 valence electrons. The van der Waals surface area contributed by atoms with Crippen LogP contribution in [-0.4, -0.2) is 5.78 Å². The van der Waals surface area contributed by atoms with Crippen molar-refractivity contribution in [3.63, 3.8) is 0 Å². The van der Waals surface area contributed by atoms with Gasteiger partial charge >= 0.3 is 0 Å². The molecule has 1 aliphatic carbocycles. The maximum absolute atomic E-state index is 11.8. The normalized spacial score (nSPS) is 16.2. The Morgan fingerprint density at radius 3 is 2.69 bits per heavy atom. The minimum Gasteiger partial charge on any atom is -0.294 e. The minimum absolute atomic E-state index is 0.256. The van der Waals surface area contributed by atoms with E-state index in [9.17, 15) is 4.79 Å². The molecule has 0 aliphatic heterocycles. The lowest BCUT2D eigenvalue weighted by Gasteiger charge is -2.12. The van der Waals surface area contributed by atoms with Gasteiger partial charge in [0.2, 0.25) is 0 Å². The second-order valence-electron chi connectivity index (χ2n) is 4.21. The Labute approximate surface area is 109 Å². The smallest absolute Gasteiger partial charge is 0.160 e. The van der Waals surface area contributed by atoms with Crippen molar-refractivity contribution in [1.82, 2.24) is 0 Å². The predicted molar refractivity (Wildman–Crippen MR) is 71.9 cm³/mol. The number of carbonyl (C=O) groups is 1. The molecule has 1 saturated carbocycles. The van der Waals surface area contributed by atoms with Gasteiger partial charge in [0.05, 0.1) is 3.79 Å². The summed E-state index contributed by atoms with van der Waals surface area (Å²) >= 11 is 5.06. The van der Waals surface area contributed by atoms with E-state index in [1.54, 1.807) is 11.3 Å². The van der Waals surface area contributed by atoms with E-state index in [0.29, 0.717) is 6.42 Å². The Kier molecular flexibility index (Phi) is 4.36. The maximum atomic E-state index is 11.8. The summed E-state index contributed by atoms with van der Waals surface area (Å²) in [6.45, 7) is 0. The molecule has 0 unspecified atom stereocenters. The van der Waals surface area contributed by atoms with Gasteiger partial charge in [-0.3, -0.25) is 4.79 Å². The number of carbonyl (C=O) groups excluding carboxylic acids is 1. The zero-order chi connectivity index (χ0) is 11.4. The van der Waals surface area contributed by atoms with Crippen LogP contribution in [0.15, 0.2) is 27.6 Å². The molecule has 0 saturated heterocycles. The summed E-state index contributed by atoms with van der Waals surface area (Å²) in [5.74, 6) is 0.256. The van der Waals surface area contributed by atoms with Crippen LogP contribution in [-0.2, 0) is 11.2 Å². The molecule has 1 nitrogen and oxygen atoms in total. The molecular formula is C13H15BrOS. The number of thiophene rings is 1. The molecule has 1 heterocycles. The lowest BCUT2D eigenvalue weighted by Crippen LogP contribution is -2.01. The molecule has 1 aliphatic rings. The van der Waals surface area contributed by atoms with E-state index in [0.717, 1.165) is 21.5 Å². The van der Waals surface area contributed by atoms with Crippen molar-refractivity contribution >= 4 is 33.0 Å². The van der Waals surface area contributed by atoms with E-state index in [1.807, 2.05) is 18.2 Å². The number of ketones is 1. The number of hydrogen-bond acceptors (Lipinski definition) is 2. The molecule has 16 heavy (non-hydrogen) atoms. The summed E-state index contributed by atoms with van der Waals surface area (Å²) < 4.78 is 1.10. The van der Waals surface area contributed by atoms with Crippen LogP contribution >= 0.6 is 27.3 Å². The zero-order valence-electron chi connectivity index (χ0n) is 9.17. The van der Waals surface area contributed by atoms with Crippen molar-refractivity contribution in [3.05, 3.63) is 32.4 Å². The average molecular weight is 299 g/mol. The number of rotatable bonds is 3. The molecule has 0 bridgehead atoms. The van der Waals surface area contributed by atoms with Crippen LogP contribution < -0.4 is 0 Å². The van der Waals surface area contributed by atoms with Gasteiger partial charge in [-0.15, -0.1) is 11.3 Å². The molecule has 0 aromatic carbocycles. The third kappa shape index (κ3) is 3.56. The lowest BCUT2D eigenvalue weighted by atomic mass is 9.94. The van der Waals surface area contributed by atoms with Crippen LogP contribution in [0.4, 0.5) is 0 Å². The summed E-state index contributed by atoms with van der Waals surface area (Å²) in [6, 6.07) is 4.02. The molecule has 0 atom stereocenters. The van der Waals surface area contributed by atoms with E-state index in [4.69, 9.17) is 0 Å². The third-order valence-electron chi connectivity index (χ3n) is 2.84. The first-order valence-corrected chi connectivity index (χ1v) is 7.31. The zero-order valence-corrected chi connectivity index (χ0v) is 11.6. The lowest BCUT2D eigenvalue weighted by molar-refractivity contribution is -0.114. The molecule has 1 fully saturated rings. The molecule has 1 aromatic heterocycles. The van der Waals surface area contributed by atoms with Gasteiger partial charge < -0.3 is 0 Å². The van der Waals surface area contributed by atoms with Crippen LogP contribution in [0.1, 0.15) is 37.0 Å². The maximum Gasteiger partial charge on any atom is 0.160 e. The van der Waals surface area contributed by atoms with Crippen LogP contribution in [0, 0.1) is 0 Å². The molecular weight excluding hydrogens is 284 g/mol. The summed E-state index contributed by atoms with van der Waals surface area (Å²) in [5.41, 5.74) is 1.35. The van der Waals surface area contributed by atoms with Crippen molar-refractivity contribution in [2.75, 3.05) is 0 Å². The van der Waals surface area contributed by atoms with Gasteiger partial charge in [-0.05, 0) is 59.8 Å². The highest BCUT2D eigenvalue weighted by molar-refractivity contribution is 9.11. The van der Waals surface area contributed by atoms with Gasteiger partial charge in [0.25, 0.3) is 0 Å². The van der Waals surface area contributed by atoms with E-state index in [2.05, 4.69) is 15.9 Å². The summed E-state index contributed by atoms with van der Waals surface area (Å²) in [6.07, 6.45) is 8.52. The van der Waals surface area contributed by atoms with E-state index < -0.39 is 0 Å². The highest BCUT2D eigenvalue weighted by atomic mass is 79.9. The van der Waals surface area contributed by atoms with E-state index in [-0.39, 0.29) is 5.78 Å². The number of halogens is 1. The largest absolute Gasteiger partial charge is 0.294 e. The minimum atomic E-state index is 0.256. The van der Waals surface area contributed by atoms with Crippen LogP contribution in [0.3, 0.4) is 0 Å². The van der Waals surface area contributed by atoms with Crippen molar-refractivity contribution < 1.29 is 4.79 Å². The molecule has 2 rings (SSSR count). The fourth-order valence-corrected chi connectivity index (χ4v) is 3.54. The molecule has 0 amide bonds. The van der Waals surface area contributed by atoms with Gasteiger partial charge in [-0.25, -0.2) is 0 Å². The Bertz CT molecular complexity index is 398. The van der Waals surface area contributed by atoms with Gasteiger partial charge in [-0.1, -0.05) is 12.0 Å². The Balaban J connectivity index is 1.92. The molecule has 3 heteroatoms. The first-order valence-electron chi connectivity index (χ1n) is 5.70. The quantitative estimate of drug-likeness (QED) is 0.750. The highest BCUT2D eigenvalue weighted by Crippen LogP contribution is 2.25. The summed E-state index contributed by atoms with van der Waals surface area (Å²) in [5, 5.41) is 0. The second-order valence-corrected chi connectivity index (χ2v) is 6.76. The molecule has 0 N–H and O–H groups in total. The fraction of sp³-hybridized carbons (Fsp3) is 0.462. The van der Waals surface area contributed by atoms with Crippen molar-refractivity contribution in [3.8, 4) is 0 Å². The Morgan fingerprint density at radius 2 is 2.06 bits per heavy atom. The highest BCUT2D eigenvalue weighted by Gasteiger charge is 2.08. The molecule has 0 spiro atoms. The summed E-state index contributed by atoms with van der Waals surface area (Å²) in [7, 11) is 0. The number of allylic oxidation sites excluding steroid dienone is 2. The van der Waals surface area contributed by atoms with Crippen molar-refractivity contribution in [2.45, 2.75) is 38.5 Å². The summed E-state index contributed by atoms with van der Waals surface area (Å²) in [4.78, 5) is 12.9. The van der Waals surface area contributed by atoms with Gasteiger partial charge in [0, 0.05) is 11.3 Å². The SMILES string of the molecule is O=C(C=C1CCCCC1)Cc1ccc(Br)s1. The van der Waals surface area contributed by atoms with Crippen LogP contribution in [0.5, 0.6) is 0 Å². The third-order valence-corrected chi connectivity index (χ3v) is 4.46. The number of hydrogen-bond donors (Lipinski definition) is 0. The van der Waals surface area contributed by atoms with Crippen molar-refractivity contribution in [1.29, 1.82) is 0 Å². The average Bonchev–Trinajstić information content (AvgIpc) is 2.65. The monoisotopic (exact) mass is 298 g/mol. The Morgan fingerprint density at radius 1 is 1.31 bits per heavy atom. The molecule has 1 aromatic rings. The topological polar surface area (TPSA) is 17.1 Å². The predicted octanol–water partition coefficient (Wildman–Crippen LogP) is 4.51. The van der Waals surface area contributed by atoms with Gasteiger partial charge in [-0.2, -0.15) is 0 Å². The fourth-order valence-electron chi connectivity index (χ4n) is 2.05. The van der Waals surface area contributed by atoms with E-state index >= 15 is 0 Å². The van der Waals surface area contributed by atoms with Gasteiger partial charge in [0.1, 0.15) is 0 Å². The van der Waals surface area contributed by atoms with Gasteiger partial charge in [0.15, 0.2) is 5.78 Å². The first-order chi connectivity index (χ1) is 7.74. The van der Waals surface area contributed by atoms with Crippen molar-refractivity contribution in [2.24, 2.45) is 0 Å².